The van der Waals surface area contributed by atoms with Gasteiger partial charge in [-0.2, -0.15) is 0 Å². The van der Waals surface area contributed by atoms with Crippen molar-refractivity contribution in [3.8, 4) is 0 Å². The lowest BCUT2D eigenvalue weighted by molar-refractivity contribution is -0.117. The number of hydrogen-bond donors (Lipinski definition) is 1. The number of carbonyl (C=O) groups is 1. The minimum atomic E-state index is 0.0108. The first-order valence-corrected chi connectivity index (χ1v) is 8.54. The summed E-state index contributed by atoms with van der Waals surface area (Å²) in [5, 5.41) is 4.90. The molecule has 0 aliphatic carbocycles. The summed E-state index contributed by atoms with van der Waals surface area (Å²) in [7, 11) is 0. The van der Waals surface area contributed by atoms with E-state index in [0.29, 0.717) is 24.8 Å². The molecule has 1 aliphatic rings. The number of carbonyl (C=O) groups excluding carboxylic acids is 1. The van der Waals surface area contributed by atoms with Gasteiger partial charge in [-0.25, -0.2) is 4.98 Å². The SMILES string of the molecule is O=C(C[C@@H]1CCOC1)Nc1ccc(Sc2cccs2)cn1. The molecule has 2 aromatic rings. The number of nitrogens with zero attached hydrogens (tertiary/aromatic N) is 1. The van der Waals surface area contributed by atoms with E-state index >= 15 is 0 Å². The van der Waals surface area contributed by atoms with Gasteiger partial charge in [0.25, 0.3) is 0 Å². The number of aromatic nitrogens is 1. The van der Waals surface area contributed by atoms with Crippen LogP contribution in [0.3, 0.4) is 0 Å². The number of hydrogen-bond acceptors (Lipinski definition) is 5. The average Bonchev–Trinajstić information content (AvgIpc) is 3.14. The lowest BCUT2D eigenvalue weighted by Crippen LogP contribution is -2.17. The molecule has 1 amide bonds. The molecule has 1 saturated heterocycles. The number of ether oxygens (including phenoxy) is 1. The first-order valence-electron chi connectivity index (χ1n) is 6.84. The van der Waals surface area contributed by atoms with Crippen molar-refractivity contribution < 1.29 is 9.53 Å². The topological polar surface area (TPSA) is 51.2 Å². The highest BCUT2D eigenvalue weighted by molar-refractivity contribution is 8.01. The highest BCUT2D eigenvalue weighted by atomic mass is 32.2. The van der Waals surface area contributed by atoms with E-state index < -0.39 is 0 Å². The van der Waals surface area contributed by atoms with E-state index in [1.54, 1.807) is 29.3 Å². The van der Waals surface area contributed by atoms with Gasteiger partial charge in [-0.15, -0.1) is 11.3 Å². The second kappa shape index (κ2) is 7.06. The average molecular weight is 320 g/mol. The monoisotopic (exact) mass is 320 g/mol. The molecule has 3 rings (SSSR count). The van der Waals surface area contributed by atoms with Gasteiger partial charge in [-0.05, 0) is 35.9 Å². The van der Waals surface area contributed by atoms with Crippen LogP contribution in [-0.4, -0.2) is 24.1 Å². The van der Waals surface area contributed by atoms with Gasteiger partial charge in [-0.3, -0.25) is 4.79 Å². The van der Waals surface area contributed by atoms with Crippen LogP contribution in [0.2, 0.25) is 0 Å². The molecule has 0 unspecified atom stereocenters. The molecule has 1 atom stereocenters. The minimum absolute atomic E-state index is 0.0108. The van der Waals surface area contributed by atoms with Crippen molar-refractivity contribution in [2.45, 2.75) is 21.9 Å². The third-order valence-electron chi connectivity index (χ3n) is 3.22. The fraction of sp³-hybridized carbons (Fsp3) is 0.333. The number of anilines is 1. The zero-order valence-corrected chi connectivity index (χ0v) is 13.1. The largest absolute Gasteiger partial charge is 0.381 e. The van der Waals surface area contributed by atoms with Crippen molar-refractivity contribution in [2.75, 3.05) is 18.5 Å². The summed E-state index contributed by atoms with van der Waals surface area (Å²) in [5.41, 5.74) is 0. The Bertz CT molecular complexity index is 578. The molecule has 110 valence electrons. The van der Waals surface area contributed by atoms with Crippen LogP contribution in [0, 0.1) is 5.92 Å². The third kappa shape index (κ3) is 4.30. The molecule has 4 nitrogen and oxygen atoms in total. The molecule has 0 aromatic carbocycles. The Balaban J connectivity index is 1.52. The van der Waals surface area contributed by atoms with Crippen LogP contribution in [0.25, 0.3) is 0 Å². The van der Waals surface area contributed by atoms with Gasteiger partial charge in [0.05, 0.1) is 4.21 Å². The molecule has 0 saturated carbocycles. The summed E-state index contributed by atoms with van der Waals surface area (Å²) < 4.78 is 6.51. The maximum atomic E-state index is 11.9. The quantitative estimate of drug-likeness (QED) is 0.913. The van der Waals surface area contributed by atoms with Gasteiger partial charge in [0.2, 0.25) is 5.91 Å². The van der Waals surface area contributed by atoms with Crippen molar-refractivity contribution in [2.24, 2.45) is 5.92 Å². The molecule has 1 fully saturated rings. The lowest BCUT2D eigenvalue weighted by Gasteiger charge is -2.08. The zero-order chi connectivity index (χ0) is 14.5. The van der Waals surface area contributed by atoms with Crippen molar-refractivity contribution in [3.63, 3.8) is 0 Å². The Kier molecular flexibility index (Phi) is 4.90. The van der Waals surface area contributed by atoms with E-state index in [2.05, 4.69) is 21.7 Å². The fourth-order valence-corrected chi connectivity index (χ4v) is 3.87. The van der Waals surface area contributed by atoms with E-state index in [-0.39, 0.29) is 5.91 Å². The molecule has 3 heterocycles. The Morgan fingerprint density at radius 1 is 1.48 bits per heavy atom. The maximum Gasteiger partial charge on any atom is 0.225 e. The highest BCUT2D eigenvalue weighted by Gasteiger charge is 2.19. The van der Waals surface area contributed by atoms with E-state index in [1.165, 1.54) is 4.21 Å². The van der Waals surface area contributed by atoms with Gasteiger partial charge in [0.1, 0.15) is 5.82 Å². The second-order valence-electron chi connectivity index (χ2n) is 4.90. The zero-order valence-electron chi connectivity index (χ0n) is 11.5. The molecule has 0 bridgehead atoms. The van der Waals surface area contributed by atoms with E-state index in [4.69, 9.17) is 4.74 Å². The summed E-state index contributed by atoms with van der Waals surface area (Å²) in [6.07, 6.45) is 3.27. The Labute approximate surface area is 131 Å². The molecule has 21 heavy (non-hydrogen) atoms. The summed E-state index contributed by atoms with van der Waals surface area (Å²) >= 11 is 3.38. The Hall–Kier alpha value is -1.37. The van der Waals surface area contributed by atoms with Crippen LogP contribution in [0.4, 0.5) is 5.82 Å². The van der Waals surface area contributed by atoms with E-state index in [9.17, 15) is 4.79 Å². The van der Waals surface area contributed by atoms with Crippen LogP contribution in [0.5, 0.6) is 0 Å². The number of rotatable bonds is 5. The van der Waals surface area contributed by atoms with Crippen molar-refractivity contribution >= 4 is 34.8 Å². The molecule has 1 aliphatic heterocycles. The number of thiophene rings is 1. The van der Waals surface area contributed by atoms with Crippen LogP contribution in [-0.2, 0) is 9.53 Å². The summed E-state index contributed by atoms with van der Waals surface area (Å²) in [5.74, 6) is 0.963. The van der Waals surface area contributed by atoms with Gasteiger partial charge in [-0.1, -0.05) is 17.8 Å². The predicted octanol–water partition coefficient (Wildman–Crippen LogP) is 3.66. The normalized spacial score (nSPS) is 17.8. The lowest BCUT2D eigenvalue weighted by atomic mass is 10.1. The van der Waals surface area contributed by atoms with Gasteiger partial charge >= 0.3 is 0 Å². The van der Waals surface area contributed by atoms with Gasteiger partial charge < -0.3 is 10.1 Å². The Morgan fingerprint density at radius 3 is 3.10 bits per heavy atom. The Morgan fingerprint density at radius 2 is 2.43 bits per heavy atom. The first-order chi connectivity index (χ1) is 10.3. The smallest absolute Gasteiger partial charge is 0.225 e. The molecular weight excluding hydrogens is 304 g/mol. The first kappa shape index (κ1) is 14.6. The van der Waals surface area contributed by atoms with Crippen LogP contribution >= 0.6 is 23.1 Å². The molecule has 2 aromatic heterocycles. The van der Waals surface area contributed by atoms with Crippen LogP contribution in [0.15, 0.2) is 44.9 Å². The number of amides is 1. The van der Waals surface area contributed by atoms with Crippen molar-refractivity contribution in [1.82, 2.24) is 4.98 Å². The molecule has 1 N–H and O–H groups in total. The molecule has 6 heteroatoms. The highest BCUT2D eigenvalue weighted by Crippen LogP contribution is 2.31. The van der Waals surface area contributed by atoms with E-state index in [1.807, 2.05) is 18.2 Å². The molecule has 0 spiro atoms. The molecule has 0 radical (unpaired) electrons. The number of nitrogens with one attached hydrogen (secondary N) is 1. The summed E-state index contributed by atoms with van der Waals surface area (Å²) in [6.45, 7) is 1.46. The summed E-state index contributed by atoms with van der Waals surface area (Å²) in [4.78, 5) is 17.3. The maximum absolute atomic E-state index is 11.9. The second-order valence-corrected chi connectivity index (χ2v) is 7.22. The molecular formula is C15H16N2O2S2. The fourth-order valence-electron chi connectivity index (χ4n) is 2.15. The predicted molar refractivity (Wildman–Crippen MR) is 84.9 cm³/mol. The van der Waals surface area contributed by atoms with Gasteiger partial charge in [0, 0.05) is 30.7 Å². The van der Waals surface area contributed by atoms with Crippen molar-refractivity contribution in [3.05, 3.63) is 35.8 Å². The van der Waals surface area contributed by atoms with Crippen molar-refractivity contribution in [1.29, 1.82) is 0 Å². The third-order valence-corrected chi connectivity index (χ3v) is 5.23. The van der Waals surface area contributed by atoms with Crippen LogP contribution in [0.1, 0.15) is 12.8 Å². The van der Waals surface area contributed by atoms with Crippen LogP contribution < -0.4 is 5.32 Å². The summed E-state index contributed by atoms with van der Waals surface area (Å²) in [6, 6.07) is 7.93. The number of pyridine rings is 1. The van der Waals surface area contributed by atoms with E-state index in [0.717, 1.165) is 17.9 Å². The standard InChI is InChI=1S/C15H16N2O2S2/c18-14(8-11-5-6-19-10-11)17-13-4-3-12(9-16-13)21-15-2-1-7-20-15/h1-4,7,9,11H,5-6,8,10H2,(H,16,17,18)/t11-/m0/s1. The van der Waals surface area contributed by atoms with Gasteiger partial charge in [0.15, 0.2) is 0 Å². The minimum Gasteiger partial charge on any atom is -0.381 e.